The van der Waals surface area contributed by atoms with Crippen LogP contribution in [0.5, 0.6) is 5.75 Å². The second kappa shape index (κ2) is 6.27. The SMILES string of the molecule is COC(=O)[C@@H](NC1CCc2ccc(OC)cc21)C(C)C. The molecule has 0 fully saturated rings. The van der Waals surface area contributed by atoms with Crippen molar-refractivity contribution in [3.05, 3.63) is 29.3 Å². The zero-order chi connectivity index (χ0) is 14.7. The van der Waals surface area contributed by atoms with Crippen LogP contribution in [0.15, 0.2) is 18.2 Å². The molecule has 1 aromatic carbocycles. The number of carbonyl (C=O) groups is 1. The quantitative estimate of drug-likeness (QED) is 0.840. The number of esters is 1. The minimum Gasteiger partial charge on any atom is -0.497 e. The highest BCUT2D eigenvalue weighted by atomic mass is 16.5. The van der Waals surface area contributed by atoms with Gasteiger partial charge in [0.05, 0.1) is 14.2 Å². The molecule has 0 saturated heterocycles. The highest BCUT2D eigenvalue weighted by Gasteiger charge is 2.30. The van der Waals surface area contributed by atoms with Gasteiger partial charge in [-0.3, -0.25) is 10.1 Å². The molecule has 0 saturated carbocycles. The Kier molecular flexibility index (Phi) is 4.65. The van der Waals surface area contributed by atoms with E-state index < -0.39 is 0 Å². The molecule has 0 radical (unpaired) electrons. The minimum atomic E-state index is -0.276. The lowest BCUT2D eigenvalue weighted by Gasteiger charge is -2.24. The summed E-state index contributed by atoms with van der Waals surface area (Å²) < 4.78 is 10.2. The van der Waals surface area contributed by atoms with Crippen LogP contribution in [0.4, 0.5) is 0 Å². The minimum absolute atomic E-state index is 0.187. The molecule has 0 aromatic heterocycles. The molecular weight excluding hydrogens is 254 g/mol. The van der Waals surface area contributed by atoms with Crippen LogP contribution < -0.4 is 10.1 Å². The lowest BCUT2D eigenvalue weighted by Crippen LogP contribution is -2.43. The standard InChI is InChI=1S/C16H23NO3/c1-10(2)15(16(18)20-4)17-14-8-6-11-5-7-12(19-3)9-13(11)14/h5,7,9-10,14-15,17H,6,8H2,1-4H3/t14?,15-/m0/s1. The van der Waals surface area contributed by atoms with Crippen LogP contribution >= 0.6 is 0 Å². The van der Waals surface area contributed by atoms with Gasteiger partial charge in [-0.25, -0.2) is 0 Å². The summed E-state index contributed by atoms with van der Waals surface area (Å²) in [5.41, 5.74) is 2.56. The summed E-state index contributed by atoms with van der Waals surface area (Å²) in [4.78, 5) is 11.9. The summed E-state index contributed by atoms with van der Waals surface area (Å²) in [5, 5.41) is 3.44. The Balaban J connectivity index is 2.18. The number of benzene rings is 1. The molecule has 1 aromatic rings. The maximum atomic E-state index is 11.9. The van der Waals surface area contributed by atoms with E-state index in [1.165, 1.54) is 18.2 Å². The van der Waals surface area contributed by atoms with E-state index in [1.807, 2.05) is 19.9 Å². The molecule has 0 amide bonds. The molecule has 20 heavy (non-hydrogen) atoms. The molecule has 4 heteroatoms. The summed E-state index contributed by atoms with van der Waals surface area (Å²) >= 11 is 0. The number of rotatable bonds is 5. The average Bonchev–Trinajstić information content (AvgIpc) is 2.85. The summed E-state index contributed by atoms with van der Waals surface area (Å²) in [7, 11) is 3.11. The van der Waals surface area contributed by atoms with Crippen LogP contribution in [-0.4, -0.2) is 26.2 Å². The van der Waals surface area contributed by atoms with Crippen LogP contribution in [0.2, 0.25) is 0 Å². The summed E-state index contributed by atoms with van der Waals surface area (Å²) in [6.45, 7) is 4.05. The number of nitrogens with one attached hydrogen (secondary N) is 1. The first-order valence-corrected chi connectivity index (χ1v) is 7.07. The fraction of sp³-hybridized carbons (Fsp3) is 0.562. The molecule has 0 bridgehead atoms. The van der Waals surface area contributed by atoms with Gasteiger partial charge in [0.1, 0.15) is 11.8 Å². The zero-order valence-corrected chi connectivity index (χ0v) is 12.6. The Morgan fingerprint density at radius 3 is 2.70 bits per heavy atom. The van der Waals surface area contributed by atoms with Crippen molar-refractivity contribution in [2.45, 2.75) is 38.8 Å². The third-order valence-corrected chi connectivity index (χ3v) is 3.93. The highest BCUT2D eigenvalue weighted by Crippen LogP contribution is 2.34. The number of hydrogen-bond acceptors (Lipinski definition) is 4. The van der Waals surface area contributed by atoms with E-state index in [0.29, 0.717) is 0 Å². The molecule has 1 aliphatic rings. The third-order valence-electron chi connectivity index (χ3n) is 3.93. The summed E-state index contributed by atoms with van der Waals surface area (Å²) in [5.74, 6) is 0.852. The largest absolute Gasteiger partial charge is 0.497 e. The molecule has 1 aliphatic carbocycles. The normalized spacial score (nSPS) is 18.8. The highest BCUT2D eigenvalue weighted by molar-refractivity contribution is 5.76. The maximum Gasteiger partial charge on any atom is 0.323 e. The Bertz CT molecular complexity index is 485. The van der Waals surface area contributed by atoms with Gasteiger partial charge < -0.3 is 9.47 Å². The van der Waals surface area contributed by atoms with Gasteiger partial charge in [-0.1, -0.05) is 19.9 Å². The van der Waals surface area contributed by atoms with Gasteiger partial charge in [0.15, 0.2) is 0 Å². The van der Waals surface area contributed by atoms with Crippen molar-refractivity contribution >= 4 is 5.97 Å². The predicted octanol–water partition coefficient (Wildman–Crippen LogP) is 2.47. The fourth-order valence-corrected chi connectivity index (χ4v) is 2.76. The van der Waals surface area contributed by atoms with Gasteiger partial charge >= 0.3 is 5.97 Å². The van der Waals surface area contributed by atoms with Gasteiger partial charge in [-0.15, -0.1) is 0 Å². The van der Waals surface area contributed by atoms with E-state index in [-0.39, 0.29) is 24.0 Å². The Hall–Kier alpha value is -1.55. The molecule has 2 atom stereocenters. The smallest absolute Gasteiger partial charge is 0.323 e. The molecule has 0 spiro atoms. The van der Waals surface area contributed by atoms with E-state index in [1.54, 1.807) is 7.11 Å². The van der Waals surface area contributed by atoms with Gasteiger partial charge in [0.2, 0.25) is 0 Å². The molecule has 4 nitrogen and oxygen atoms in total. The first-order valence-electron chi connectivity index (χ1n) is 7.07. The van der Waals surface area contributed by atoms with Crippen molar-refractivity contribution in [2.75, 3.05) is 14.2 Å². The van der Waals surface area contributed by atoms with Crippen LogP contribution in [0.25, 0.3) is 0 Å². The number of fused-ring (bicyclic) bond motifs is 1. The van der Waals surface area contributed by atoms with Gasteiger partial charge in [0.25, 0.3) is 0 Å². The number of ether oxygens (including phenoxy) is 2. The Morgan fingerprint density at radius 1 is 1.35 bits per heavy atom. The van der Waals surface area contributed by atoms with Crippen LogP contribution in [-0.2, 0) is 16.0 Å². The second-order valence-electron chi connectivity index (χ2n) is 5.57. The second-order valence-corrected chi connectivity index (χ2v) is 5.57. The predicted molar refractivity (Wildman–Crippen MR) is 77.8 cm³/mol. The van der Waals surface area contributed by atoms with Crippen molar-refractivity contribution in [2.24, 2.45) is 5.92 Å². The van der Waals surface area contributed by atoms with Gasteiger partial charge in [0, 0.05) is 6.04 Å². The van der Waals surface area contributed by atoms with Crippen LogP contribution in [0.3, 0.4) is 0 Å². The van der Waals surface area contributed by atoms with Crippen molar-refractivity contribution in [1.29, 1.82) is 0 Å². The zero-order valence-electron chi connectivity index (χ0n) is 12.6. The van der Waals surface area contributed by atoms with Crippen molar-refractivity contribution in [3.8, 4) is 5.75 Å². The van der Waals surface area contributed by atoms with Crippen molar-refractivity contribution in [1.82, 2.24) is 5.32 Å². The molecule has 1 N–H and O–H groups in total. The number of aryl methyl sites for hydroxylation is 1. The van der Waals surface area contributed by atoms with Crippen molar-refractivity contribution < 1.29 is 14.3 Å². The molecule has 0 aliphatic heterocycles. The summed E-state index contributed by atoms with van der Waals surface area (Å²) in [6.07, 6.45) is 2.03. The monoisotopic (exact) mass is 277 g/mol. The Morgan fingerprint density at radius 2 is 2.10 bits per heavy atom. The molecule has 1 unspecified atom stereocenters. The Labute approximate surface area is 120 Å². The van der Waals surface area contributed by atoms with Crippen LogP contribution in [0, 0.1) is 5.92 Å². The topological polar surface area (TPSA) is 47.6 Å². The average molecular weight is 277 g/mol. The lowest BCUT2D eigenvalue weighted by atomic mass is 10.0. The van der Waals surface area contributed by atoms with E-state index in [9.17, 15) is 4.79 Å². The van der Waals surface area contributed by atoms with Gasteiger partial charge in [-0.2, -0.15) is 0 Å². The number of methoxy groups -OCH3 is 2. The molecule has 0 heterocycles. The van der Waals surface area contributed by atoms with Gasteiger partial charge in [-0.05, 0) is 42.0 Å². The van der Waals surface area contributed by atoms with E-state index in [2.05, 4.69) is 17.4 Å². The fourth-order valence-electron chi connectivity index (χ4n) is 2.76. The first kappa shape index (κ1) is 14.9. The van der Waals surface area contributed by atoms with E-state index in [0.717, 1.165) is 18.6 Å². The van der Waals surface area contributed by atoms with E-state index >= 15 is 0 Å². The van der Waals surface area contributed by atoms with Crippen molar-refractivity contribution in [3.63, 3.8) is 0 Å². The number of carbonyl (C=O) groups excluding carboxylic acids is 1. The molecular formula is C16H23NO3. The molecule has 2 rings (SSSR count). The maximum absolute atomic E-state index is 11.9. The van der Waals surface area contributed by atoms with Crippen LogP contribution in [0.1, 0.15) is 37.4 Å². The van der Waals surface area contributed by atoms with E-state index in [4.69, 9.17) is 9.47 Å². The number of hydrogen-bond donors (Lipinski definition) is 1. The third kappa shape index (κ3) is 2.96. The first-order chi connectivity index (χ1) is 9.56. The lowest BCUT2D eigenvalue weighted by molar-refractivity contribution is -0.144. The summed E-state index contributed by atoms with van der Waals surface area (Å²) in [6, 6.07) is 6.07. The molecule has 110 valence electrons.